The molecule has 1 atom stereocenters. The van der Waals surface area contributed by atoms with E-state index in [1.54, 1.807) is 0 Å². The molecule has 1 unspecified atom stereocenters. The first-order valence-electron chi connectivity index (χ1n) is 6.18. The van der Waals surface area contributed by atoms with E-state index in [9.17, 15) is 0 Å². The first kappa shape index (κ1) is 12.1. The van der Waals surface area contributed by atoms with E-state index in [1.807, 2.05) is 19.9 Å². The highest BCUT2D eigenvalue weighted by Gasteiger charge is 2.23. The van der Waals surface area contributed by atoms with Crippen molar-refractivity contribution in [2.75, 3.05) is 36.5 Å². The van der Waals surface area contributed by atoms with E-state index < -0.39 is 0 Å². The summed E-state index contributed by atoms with van der Waals surface area (Å²) < 4.78 is 0. The van der Waals surface area contributed by atoms with Gasteiger partial charge in [-0.1, -0.05) is 0 Å². The van der Waals surface area contributed by atoms with Gasteiger partial charge in [0.05, 0.1) is 0 Å². The van der Waals surface area contributed by atoms with E-state index in [4.69, 9.17) is 5.11 Å². The van der Waals surface area contributed by atoms with Gasteiger partial charge in [0.15, 0.2) is 0 Å². The van der Waals surface area contributed by atoms with Crippen LogP contribution in [0.15, 0.2) is 6.07 Å². The Balaban J connectivity index is 2.15. The Morgan fingerprint density at radius 1 is 1.53 bits per heavy atom. The van der Waals surface area contributed by atoms with Crippen LogP contribution in [0.4, 0.5) is 11.8 Å². The van der Waals surface area contributed by atoms with Crippen LogP contribution in [-0.2, 0) is 0 Å². The zero-order valence-electron chi connectivity index (χ0n) is 10.5. The molecule has 0 saturated carbocycles. The van der Waals surface area contributed by atoms with Crippen LogP contribution in [0.2, 0.25) is 0 Å². The lowest BCUT2D eigenvalue weighted by atomic mass is 10.1. The van der Waals surface area contributed by atoms with Gasteiger partial charge in [-0.3, -0.25) is 0 Å². The fourth-order valence-corrected chi connectivity index (χ4v) is 2.14. The maximum absolute atomic E-state index is 9.15. The Kier molecular flexibility index (Phi) is 3.78. The van der Waals surface area contributed by atoms with Gasteiger partial charge in [-0.15, -0.1) is 0 Å². The number of aryl methyl sites for hydroxylation is 1. The highest BCUT2D eigenvalue weighted by molar-refractivity contribution is 5.45. The van der Waals surface area contributed by atoms with Crippen molar-refractivity contribution in [3.8, 4) is 0 Å². The van der Waals surface area contributed by atoms with Crippen LogP contribution < -0.4 is 10.2 Å². The Hall–Kier alpha value is -1.36. The zero-order chi connectivity index (χ0) is 12.3. The molecule has 0 bridgehead atoms. The first-order chi connectivity index (χ1) is 8.22. The highest BCUT2D eigenvalue weighted by Crippen LogP contribution is 2.23. The Morgan fingerprint density at radius 2 is 2.35 bits per heavy atom. The van der Waals surface area contributed by atoms with Crippen LogP contribution >= 0.6 is 0 Å². The maximum Gasteiger partial charge on any atom is 0.224 e. The third-order valence-electron chi connectivity index (χ3n) is 3.04. The molecule has 2 N–H and O–H groups in total. The predicted molar refractivity (Wildman–Crippen MR) is 68.3 cm³/mol. The van der Waals surface area contributed by atoms with Crippen LogP contribution in [0.1, 0.15) is 19.0 Å². The van der Waals surface area contributed by atoms with Gasteiger partial charge in [-0.2, -0.15) is 4.98 Å². The number of aliphatic hydroxyl groups excluding tert-OH is 1. The quantitative estimate of drug-likeness (QED) is 0.818. The maximum atomic E-state index is 9.15. The predicted octanol–water partition coefficient (Wildman–Crippen LogP) is 1.04. The molecule has 2 rings (SSSR count). The minimum Gasteiger partial charge on any atom is -0.396 e. The van der Waals surface area contributed by atoms with Crippen LogP contribution in [-0.4, -0.2) is 41.3 Å². The third kappa shape index (κ3) is 2.85. The van der Waals surface area contributed by atoms with Crippen molar-refractivity contribution in [3.63, 3.8) is 0 Å². The molecule has 1 fully saturated rings. The summed E-state index contributed by atoms with van der Waals surface area (Å²) in [5.74, 6) is 2.03. The van der Waals surface area contributed by atoms with Gasteiger partial charge in [-0.05, 0) is 20.3 Å². The van der Waals surface area contributed by atoms with Crippen molar-refractivity contribution in [2.45, 2.75) is 20.3 Å². The molecule has 1 aliphatic heterocycles. The number of aromatic nitrogens is 2. The van der Waals surface area contributed by atoms with Crippen molar-refractivity contribution >= 4 is 11.8 Å². The average Bonchev–Trinajstić information content (AvgIpc) is 2.77. The van der Waals surface area contributed by atoms with E-state index in [-0.39, 0.29) is 6.61 Å². The number of aliphatic hydroxyl groups is 1. The smallest absolute Gasteiger partial charge is 0.224 e. The largest absolute Gasteiger partial charge is 0.396 e. The number of nitrogens with zero attached hydrogens (tertiary/aromatic N) is 3. The van der Waals surface area contributed by atoms with Gasteiger partial charge in [0.2, 0.25) is 5.95 Å². The second-order valence-electron chi connectivity index (χ2n) is 4.50. The lowest BCUT2D eigenvalue weighted by Crippen LogP contribution is -2.22. The topological polar surface area (TPSA) is 61.3 Å². The summed E-state index contributed by atoms with van der Waals surface area (Å²) in [5, 5.41) is 12.3. The van der Waals surface area contributed by atoms with Gasteiger partial charge in [0, 0.05) is 43.9 Å². The number of hydrogen-bond acceptors (Lipinski definition) is 5. The molecular formula is C12H20N4O. The summed E-state index contributed by atoms with van der Waals surface area (Å²) in [6, 6.07) is 2.00. The van der Waals surface area contributed by atoms with Crippen molar-refractivity contribution in [1.82, 2.24) is 9.97 Å². The van der Waals surface area contributed by atoms with Crippen molar-refractivity contribution in [1.29, 1.82) is 0 Å². The minimum atomic E-state index is 0.265. The summed E-state index contributed by atoms with van der Waals surface area (Å²) >= 11 is 0. The summed E-state index contributed by atoms with van der Waals surface area (Å²) in [7, 11) is 0. The number of anilines is 2. The van der Waals surface area contributed by atoms with Crippen LogP contribution in [0.25, 0.3) is 0 Å². The third-order valence-corrected chi connectivity index (χ3v) is 3.04. The number of rotatable bonds is 4. The van der Waals surface area contributed by atoms with Gasteiger partial charge < -0.3 is 15.3 Å². The van der Waals surface area contributed by atoms with Gasteiger partial charge >= 0.3 is 0 Å². The normalized spacial score (nSPS) is 19.7. The lowest BCUT2D eigenvalue weighted by molar-refractivity contribution is 0.238. The van der Waals surface area contributed by atoms with E-state index in [1.165, 1.54) is 0 Å². The molecular weight excluding hydrogens is 216 g/mol. The van der Waals surface area contributed by atoms with Crippen LogP contribution in [0, 0.1) is 12.8 Å². The lowest BCUT2D eigenvalue weighted by Gasteiger charge is -2.18. The second kappa shape index (κ2) is 5.31. The fraction of sp³-hybridized carbons (Fsp3) is 0.667. The van der Waals surface area contributed by atoms with Crippen molar-refractivity contribution in [2.24, 2.45) is 5.92 Å². The SMILES string of the molecule is CCNc1nc(C)cc(N2CCC(CO)C2)n1. The summed E-state index contributed by atoms with van der Waals surface area (Å²) in [4.78, 5) is 11.1. The molecule has 1 aromatic heterocycles. The van der Waals surface area contributed by atoms with Crippen molar-refractivity contribution < 1.29 is 5.11 Å². The van der Waals surface area contributed by atoms with Crippen LogP contribution in [0.3, 0.4) is 0 Å². The second-order valence-corrected chi connectivity index (χ2v) is 4.50. The molecule has 5 heteroatoms. The van der Waals surface area contributed by atoms with E-state index in [0.717, 1.165) is 37.6 Å². The summed E-state index contributed by atoms with van der Waals surface area (Å²) in [6.07, 6.45) is 1.04. The molecule has 5 nitrogen and oxygen atoms in total. The molecule has 0 aliphatic carbocycles. The molecule has 1 aromatic rings. The highest BCUT2D eigenvalue weighted by atomic mass is 16.3. The van der Waals surface area contributed by atoms with Crippen molar-refractivity contribution in [3.05, 3.63) is 11.8 Å². The number of nitrogens with one attached hydrogen (secondary N) is 1. The molecule has 0 spiro atoms. The van der Waals surface area contributed by atoms with Gasteiger partial charge in [0.25, 0.3) is 0 Å². The van der Waals surface area contributed by atoms with E-state index in [0.29, 0.717) is 11.9 Å². The molecule has 0 aromatic carbocycles. The molecule has 2 heterocycles. The Bertz CT molecular complexity index is 383. The van der Waals surface area contributed by atoms with Gasteiger partial charge in [0.1, 0.15) is 5.82 Å². The molecule has 0 amide bonds. The zero-order valence-corrected chi connectivity index (χ0v) is 10.5. The van der Waals surface area contributed by atoms with E-state index >= 15 is 0 Å². The molecule has 1 aliphatic rings. The summed E-state index contributed by atoms with van der Waals surface area (Å²) in [6.45, 7) is 6.95. The number of hydrogen-bond donors (Lipinski definition) is 2. The summed E-state index contributed by atoms with van der Waals surface area (Å²) in [5.41, 5.74) is 0.971. The fourth-order valence-electron chi connectivity index (χ4n) is 2.14. The van der Waals surface area contributed by atoms with Gasteiger partial charge in [-0.25, -0.2) is 4.98 Å². The monoisotopic (exact) mass is 236 g/mol. The standard InChI is InChI=1S/C12H20N4O/c1-3-13-12-14-9(2)6-11(15-12)16-5-4-10(7-16)8-17/h6,10,17H,3-5,7-8H2,1-2H3,(H,13,14,15). The first-order valence-corrected chi connectivity index (χ1v) is 6.18. The molecule has 94 valence electrons. The van der Waals surface area contributed by atoms with Crippen LogP contribution in [0.5, 0.6) is 0 Å². The van der Waals surface area contributed by atoms with E-state index in [2.05, 4.69) is 20.2 Å². The molecule has 1 saturated heterocycles. The minimum absolute atomic E-state index is 0.265. The molecule has 17 heavy (non-hydrogen) atoms. The molecule has 0 radical (unpaired) electrons. The Morgan fingerprint density at radius 3 is 3.00 bits per heavy atom. The Labute approximate surface area is 102 Å². The average molecular weight is 236 g/mol.